The third-order valence-corrected chi connectivity index (χ3v) is 4.46. The second-order valence-corrected chi connectivity index (χ2v) is 6.57. The average molecular weight is 407 g/mol. The van der Waals surface area contributed by atoms with E-state index in [2.05, 4.69) is 15.9 Å². The molecule has 0 aromatic heterocycles. The first-order chi connectivity index (χ1) is 11.8. The molecule has 128 valence electrons. The molecule has 25 heavy (non-hydrogen) atoms. The van der Waals surface area contributed by atoms with Gasteiger partial charge in [-0.2, -0.15) is 13.2 Å². The van der Waals surface area contributed by atoms with E-state index in [9.17, 15) is 18.3 Å². The highest BCUT2D eigenvalue weighted by atomic mass is 79.9. The van der Waals surface area contributed by atoms with Gasteiger partial charge in [-0.3, -0.25) is 0 Å². The van der Waals surface area contributed by atoms with Crippen LogP contribution in [0.4, 0.5) is 13.2 Å². The molecule has 0 heterocycles. The maximum Gasteiger partial charge on any atom is 0.416 e. The monoisotopic (exact) mass is 406 g/mol. The first-order valence-electron chi connectivity index (χ1n) is 7.56. The van der Waals surface area contributed by atoms with Crippen LogP contribution in [0.1, 0.15) is 22.8 Å². The predicted molar refractivity (Wildman–Crippen MR) is 95.1 cm³/mol. The summed E-state index contributed by atoms with van der Waals surface area (Å²) in [6.07, 6.45) is -5.54. The van der Waals surface area contributed by atoms with Crippen molar-refractivity contribution in [3.05, 3.63) is 94.0 Å². The normalized spacial score (nSPS) is 12.8. The molecule has 0 amide bonds. The highest BCUT2D eigenvalue weighted by Crippen LogP contribution is 2.32. The molecule has 0 spiro atoms. The van der Waals surface area contributed by atoms with Gasteiger partial charge < -0.3 is 5.11 Å². The van der Waals surface area contributed by atoms with Gasteiger partial charge in [-0.15, -0.1) is 0 Å². The van der Waals surface area contributed by atoms with Crippen LogP contribution in [0.25, 0.3) is 11.1 Å². The summed E-state index contributed by atoms with van der Waals surface area (Å²) in [5, 5.41) is 10.4. The smallest absolute Gasteiger partial charge is 0.384 e. The van der Waals surface area contributed by atoms with Gasteiger partial charge in [0.25, 0.3) is 0 Å². The molecule has 0 aliphatic heterocycles. The Morgan fingerprint density at radius 1 is 0.760 bits per heavy atom. The molecule has 3 rings (SSSR count). The first-order valence-corrected chi connectivity index (χ1v) is 8.35. The van der Waals surface area contributed by atoms with Gasteiger partial charge in [0.2, 0.25) is 0 Å². The van der Waals surface area contributed by atoms with Crippen molar-refractivity contribution in [2.75, 3.05) is 0 Å². The van der Waals surface area contributed by atoms with E-state index in [0.717, 1.165) is 27.7 Å². The molecule has 0 bridgehead atoms. The highest BCUT2D eigenvalue weighted by molar-refractivity contribution is 9.10. The third-order valence-electron chi connectivity index (χ3n) is 3.93. The Morgan fingerprint density at radius 2 is 1.32 bits per heavy atom. The number of alkyl halides is 3. The minimum Gasteiger partial charge on any atom is -0.384 e. The van der Waals surface area contributed by atoms with Gasteiger partial charge in [0.1, 0.15) is 6.10 Å². The predicted octanol–water partition coefficient (Wildman–Crippen LogP) is 6.22. The average Bonchev–Trinajstić information content (AvgIpc) is 2.61. The SMILES string of the molecule is OC(c1ccc(-c2ccc(Br)cc2)cc1)c1cccc(C(F)(F)F)c1. The summed E-state index contributed by atoms with van der Waals surface area (Å²) < 4.78 is 39.4. The molecular formula is C20H14BrF3O. The van der Waals surface area contributed by atoms with Crippen LogP contribution < -0.4 is 0 Å². The summed E-state index contributed by atoms with van der Waals surface area (Å²) in [5.74, 6) is 0. The zero-order valence-electron chi connectivity index (χ0n) is 13.0. The summed E-state index contributed by atoms with van der Waals surface area (Å²) >= 11 is 3.38. The lowest BCUT2D eigenvalue weighted by molar-refractivity contribution is -0.137. The lowest BCUT2D eigenvalue weighted by Crippen LogP contribution is -2.07. The molecule has 0 aliphatic rings. The van der Waals surface area contributed by atoms with Crippen LogP contribution in [0, 0.1) is 0 Å². The van der Waals surface area contributed by atoms with Crippen LogP contribution in [-0.2, 0) is 6.18 Å². The topological polar surface area (TPSA) is 20.2 Å². The van der Waals surface area contributed by atoms with Gasteiger partial charge in [-0.1, -0.05) is 64.5 Å². The Balaban J connectivity index is 1.86. The Hall–Kier alpha value is -2.11. The van der Waals surface area contributed by atoms with Crippen molar-refractivity contribution in [1.82, 2.24) is 0 Å². The van der Waals surface area contributed by atoms with Crippen molar-refractivity contribution in [1.29, 1.82) is 0 Å². The number of aliphatic hydroxyl groups excluding tert-OH is 1. The van der Waals surface area contributed by atoms with E-state index in [1.165, 1.54) is 12.1 Å². The van der Waals surface area contributed by atoms with E-state index < -0.39 is 17.8 Å². The van der Waals surface area contributed by atoms with Crippen LogP contribution in [0.2, 0.25) is 0 Å². The van der Waals surface area contributed by atoms with Gasteiger partial charge in [0, 0.05) is 4.47 Å². The molecule has 3 aromatic rings. The Bertz CT molecular complexity index is 855. The minimum atomic E-state index is -4.43. The second-order valence-electron chi connectivity index (χ2n) is 5.65. The lowest BCUT2D eigenvalue weighted by Gasteiger charge is -2.14. The summed E-state index contributed by atoms with van der Waals surface area (Å²) in [5.41, 5.74) is 1.97. The number of hydrogen-bond acceptors (Lipinski definition) is 1. The van der Waals surface area contributed by atoms with E-state index in [4.69, 9.17) is 0 Å². The quantitative estimate of drug-likeness (QED) is 0.547. The van der Waals surface area contributed by atoms with Crippen LogP contribution >= 0.6 is 15.9 Å². The summed E-state index contributed by atoms with van der Waals surface area (Å²) in [6, 6.07) is 19.7. The third kappa shape index (κ3) is 4.11. The van der Waals surface area contributed by atoms with E-state index in [0.29, 0.717) is 5.56 Å². The molecule has 0 saturated carbocycles. The first kappa shape index (κ1) is 17.7. The molecule has 1 unspecified atom stereocenters. The molecular weight excluding hydrogens is 393 g/mol. The largest absolute Gasteiger partial charge is 0.416 e. The lowest BCUT2D eigenvalue weighted by atomic mass is 9.97. The number of hydrogen-bond donors (Lipinski definition) is 1. The second kappa shape index (κ2) is 7.02. The van der Waals surface area contributed by atoms with E-state index in [1.807, 2.05) is 36.4 Å². The van der Waals surface area contributed by atoms with Gasteiger partial charge in [-0.05, 0) is 46.5 Å². The standard InChI is InChI=1S/C20H14BrF3O/c21-18-10-8-14(9-11-18)13-4-6-15(7-5-13)19(25)16-2-1-3-17(12-16)20(22,23)24/h1-12,19,25H. The van der Waals surface area contributed by atoms with E-state index in [1.54, 1.807) is 12.1 Å². The van der Waals surface area contributed by atoms with Gasteiger partial charge in [-0.25, -0.2) is 0 Å². The fraction of sp³-hybridized carbons (Fsp3) is 0.100. The van der Waals surface area contributed by atoms with Crippen LogP contribution in [0.5, 0.6) is 0 Å². The molecule has 1 nitrogen and oxygen atoms in total. The zero-order chi connectivity index (χ0) is 18.0. The van der Waals surface area contributed by atoms with E-state index in [-0.39, 0.29) is 5.56 Å². The van der Waals surface area contributed by atoms with Crippen LogP contribution in [-0.4, -0.2) is 5.11 Å². The van der Waals surface area contributed by atoms with E-state index >= 15 is 0 Å². The maximum absolute atomic E-state index is 12.8. The van der Waals surface area contributed by atoms with Crippen molar-refractivity contribution in [2.45, 2.75) is 12.3 Å². The minimum absolute atomic E-state index is 0.214. The number of benzene rings is 3. The molecule has 3 aromatic carbocycles. The molecule has 5 heteroatoms. The van der Waals surface area contributed by atoms with Crippen molar-refractivity contribution in [2.24, 2.45) is 0 Å². The fourth-order valence-electron chi connectivity index (χ4n) is 2.58. The van der Waals surface area contributed by atoms with Crippen LogP contribution in [0.15, 0.2) is 77.3 Å². The Kier molecular flexibility index (Phi) is 4.97. The molecule has 0 fully saturated rings. The fourth-order valence-corrected chi connectivity index (χ4v) is 2.84. The van der Waals surface area contributed by atoms with Gasteiger partial charge in [0.05, 0.1) is 5.56 Å². The summed E-state index contributed by atoms with van der Waals surface area (Å²) in [7, 11) is 0. The number of halogens is 4. The summed E-state index contributed by atoms with van der Waals surface area (Å²) in [6.45, 7) is 0. The Labute approximate surface area is 151 Å². The van der Waals surface area contributed by atoms with Crippen molar-refractivity contribution in [3.8, 4) is 11.1 Å². The van der Waals surface area contributed by atoms with Crippen molar-refractivity contribution >= 4 is 15.9 Å². The van der Waals surface area contributed by atoms with Gasteiger partial charge in [0.15, 0.2) is 0 Å². The van der Waals surface area contributed by atoms with Crippen LogP contribution in [0.3, 0.4) is 0 Å². The van der Waals surface area contributed by atoms with Gasteiger partial charge >= 0.3 is 6.18 Å². The number of rotatable bonds is 3. The van der Waals surface area contributed by atoms with Crippen molar-refractivity contribution in [3.63, 3.8) is 0 Å². The molecule has 1 atom stereocenters. The van der Waals surface area contributed by atoms with Crippen molar-refractivity contribution < 1.29 is 18.3 Å². The summed E-state index contributed by atoms with van der Waals surface area (Å²) in [4.78, 5) is 0. The maximum atomic E-state index is 12.8. The number of aliphatic hydroxyl groups is 1. The molecule has 1 N–H and O–H groups in total. The Morgan fingerprint density at radius 3 is 1.88 bits per heavy atom. The highest BCUT2D eigenvalue weighted by Gasteiger charge is 2.30. The molecule has 0 radical (unpaired) electrons. The molecule has 0 saturated heterocycles. The molecule has 0 aliphatic carbocycles. The zero-order valence-corrected chi connectivity index (χ0v) is 14.6.